The molecular weight excluding hydrogens is 724 g/mol. The van der Waals surface area contributed by atoms with Gasteiger partial charge in [0, 0.05) is 38.0 Å². The molecule has 0 radical (unpaired) electrons. The van der Waals surface area contributed by atoms with Gasteiger partial charge >= 0.3 is 5.69 Å². The number of hydrogen-bond acceptors (Lipinski definition) is 12. The highest BCUT2D eigenvalue weighted by atomic mass is 16.6. The zero-order chi connectivity index (χ0) is 39.8. The molecule has 1 fully saturated rings. The molecule has 2 N–H and O–H groups in total. The molecule has 5 aromatic rings. The summed E-state index contributed by atoms with van der Waals surface area (Å²) in [5.41, 5.74) is 1.53. The third-order valence-electron chi connectivity index (χ3n) is 9.47. The minimum atomic E-state index is -1.20. The van der Waals surface area contributed by atoms with Gasteiger partial charge in [-0.15, -0.1) is 0 Å². The maximum Gasteiger partial charge on any atom is 0.312 e. The van der Waals surface area contributed by atoms with Crippen molar-refractivity contribution in [3.05, 3.63) is 157 Å². The summed E-state index contributed by atoms with van der Waals surface area (Å²) in [4.78, 5) is 38.4. The monoisotopic (exact) mass is 764 g/mol. The van der Waals surface area contributed by atoms with Crippen LogP contribution in [0.5, 0.6) is 17.4 Å². The topological polar surface area (TPSA) is 195 Å². The van der Waals surface area contributed by atoms with Gasteiger partial charge in [-0.1, -0.05) is 66.7 Å². The van der Waals surface area contributed by atoms with Crippen molar-refractivity contribution in [2.24, 2.45) is 0 Å². The molecule has 0 saturated carbocycles. The number of nitrogens with one attached hydrogen (secondary N) is 1. The lowest BCUT2D eigenvalue weighted by molar-refractivity contribution is -0.384. The first-order chi connectivity index (χ1) is 27.0. The van der Waals surface area contributed by atoms with Crippen LogP contribution >= 0.6 is 0 Å². The normalized spacial score (nSPS) is 16.5. The predicted octanol–water partition coefficient (Wildman–Crippen LogP) is 6.69. The fourth-order valence-electron chi connectivity index (χ4n) is 6.66. The standard InChI is InChI=1S/C41H40N4O11/c1-26(46)42-39-35(45(50)51)23-34(40(43-39)54-22-21-27-9-15-31(16-10-27)44(48)49)37-24-36(47)38(56-37)25-55-41(28-7-5-4-6-8-28,29-11-17-32(52-2)18-12-29)30-13-19-33(53-3)20-14-30/h4-20,23,36-38,47H,21-22,24-25H2,1-3H3,(H,42,43,46). The van der Waals surface area contributed by atoms with E-state index in [9.17, 15) is 30.1 Å². The summed E-state index contributed by atoms with van der Waals surface area (Å²) in [5.74, 6) is 0.365. The van der Waals surface area contributed by atoms with Gasteiger partial charge in [0.1, 0.15) is 23.2 Å². The van der Waals surface area contributed by atoms with Crippen LogP contribution in [0.2, 0.25) is 0 Å². The van der Waals surface area contributed by atoms with E-state index in [2.05, 4.69) is 10.3 Å². The van der Waals surface area contributed by atoms with Crippen LogP contribution in [0, 0.1) is 20.2 Å². The molecule has 290 valence electrons. The number of aromatic nitrogens is 1. The Kier molecular flexibility index (Phi) is 12.2. The van der Waals surface area contributed by atoms with Crippen LogP contribution in [0.15, 0.2) is 109 Å². The minimum Gasteiger partial charge on any atom is -0.497 e. The van der Waals surface area contributed by atoms with Crippen molar-refractivity contribution < 1.29 is 43.4 Å². The first kappa shape index (κ1) is 39.3. The van der Waals surface area contributed by atoms with E-state index < -0.39 is 45.4 Å². The van der Waals surface area contributed by atoms with Crippen LogP contribution in [0.25, 0.3) is 0 Å². The lowest BCUT2D eigenvalue weighted by Crippen LogP contribution is -2.38. The molecule has 3 unspecified atom stereocenters. The summed E-state index contributed by atoms with van der Waals surface area (Å²) in [7, 11) is 3.17. The number of amides is 1. The van der Waals surface area contributed by atoms with Crippen LogP contribution in [0.1, 0.15) is 47.3 Å². The van der Waals surface area contributed by atoms with E-state index in [0.717, 1.165) is 22.3 Å². The van der Waals surface area contributed by atoms with Gasteiger partial charge in [-0.3, -0.25) is 25.0 Å². The van der Waals surface area contributed by atoms with Crippen molar-refractivity contribution in [2.45, 2.75) is 43.7 Å². The molecular formula is C41H40N4O11. The zero-order valence-electron chi connectivity index (χ0n) is 30.8. The van der Waals surface area contributed by atoms with Crippen molar-refractivity contribution >= 4 is 23.1 Å². The summed E-state index contributed by atoms with van der Waals surface area (Å²) >= 11 is 0. The molecule has 3 atom stereocenters. The number of methoxy groups -OCH3 is 2. The van der Waals surface area contributed by atoms with Gasteiger partial charge in [0.05, 0.1) is 55.1 Å². The number of rotatable bonds is 16. The van der Waals surface area contributed by atoms with Crippen LogP contribution in [-0.4, -0.2) is 65.5 Å². The second kappa shape index (κ2) is 17.4. The van der Waals surface area contributed by atoms with Gasteiger partial charge in [-0.25, -0.2) is 0 Å². The van der Waals surface area contributed by atoms with Crippen molar-refractivity contribution in [1.29, 1.82) is 0 Å². The fraction of sp³-hybridized carbons (Fsp3) is 0.268. The quantitative estimate of drug-likeness (QED) is 0.0615. The molecule has 1 aliphatic rings. The molecule has 1 aromatic heterocycles. The number of nitrogens with zero attached hydrogens (tertiary/aromatic N) is 3. The predicted molar refractivity (Wildman–Crippen MR) is 204 cm³/mol. The van der Waals surface area contributed by atoms with E-state index in [1.807, 2.05) is 78.9 Å². The van der Waals surface area contributed by atoms with Gasteiger partial charge in [0.2, 0.25) is 17.6 Å². The van der Waals surface area contributed by atoms with Crippen molar-refractivity contribution in [3.8, 4) is 17.4 Å². The van der Waals surface area contributed by atoms with Crippen LogP contribution in [0.3, 0.4) is 0 Å². The Morgan fingerprint density at radius 1 is 0.875 bits per heavy atom. The summed E-state index contributed by atoms with van der Waals surface area (Å²) < 4.78 is 30.3. The number of nitro groups is 2. The number of hydrogen-bond donors (Lipinski definition) is 2. The van der Waals surface area contributed by atoms with E-state index in [1.54, 1.807) is 26.4 Å². The molecule has 2 heterocycles. The molecule has 0 bridgehead atoms. The average Bonchev–Trinajstić information content (AvgIpc) is 3.58. The van der Waals surface area contributed by atoms with Crippen molar-refractivity contribution in [3.63, 3.8) is 0 Å². The highest BCUT2D eigenvalue weighted by molar-refractivity contribution is 5.90. The Labute approximate surface area is 322 Å². The van der Waals surface area contributed by atoms with Crippen LogP contribution in [-0.2, 0) is 26.3 Å². The molecule has 15 heteroatoms. The molecule has 0 spiro atoms. The third kappa shape index (κ3) is 8.60. The number of benzene rings is 4. The molecule has 4 aromatic carbocycles. The van der Waals surface area contributed by atoms with Gasteiger partial charge in [-0.05, 0) is 46.5 Å². The Bertz CT molecular complexity index is 2100. The number of carbonyl (C=O) groups excluding carboxylic acids is 1. The highest BCUT2D eigenvalue weighted by Crippen LogP contribution is 2.45. The first-order valence-corrected chi connectivity index (χ1v) is 17.7. The molecule has 1 saturated heterocycles. The van der Waals surface area contributed by atoms with Gasteiger partial charge in [0.15, 0.2) is 0 Å². The first-order valence-electron chi connectivity index (χ1n) is 17.7. The van der Waals surface area contributed by atoms with Crippen molar-refractivity contribution in [2.75, 3.05) is 32.8 Å². The molecule has 15 nitrogen and oxygen atoms in total. The van der Waals surface area contributed by atoms with Crippen LogP contribution < -0.4 is 19.5 Å². The maximum absolute atomic E-state index is 12.2. The lowest BCUT2D eigenvalue weighted by Gasteiger charge is -2.37. The second-order valence-corrected chi connectivity index (χ2v) is 13.0. The summed E-state index contributed by atoms with van der Waals surface area (Å²) in [6.07, 6.45) is -2.55. The highest BCUT2D eigenvalue weighted by Gasteiger charge is 2.43. The average molecular weight is 765 g/mol. The Hall–Kier alpha value is -6.42. The van der Waals surface area contributed by atoms with E-state index >= 15 is 0 Å². The maximum atomic E-state index is 12.2. The van der Waals surface area contributed by atoms with Gasteiger partial charge < -0.3 is 34.1 Å². The number of ether oxygens (including phenoxy) is 5. The number of nitro benzene ring substituents is 1. The zero-order valence-corrected chi connectivity index (χ0v) is 30.8. The summed E-state index contributed by atoms with van der Waals surface area (Å²) in [6.45, 7) is 1.11. The molecule has 56 heavy (non-hydrogen) atoms. The van der Waals surface area contributed by atoms with Gasteiger partial charge in [-0.2, -0.15) is 4.98 Å². The van der Waals surface area contributed by atoms with E-state index in [1.165, 1.54) is 25.1 Å². The van der Waals surface area contributed by atoms with E-state index in [-0.39, 0.29) is 42.6 Å². The Balaban J connectivity index is 1.32. The third-order valence-corrected chi connectivity index (χ3v) is 9.47. The summed E-state index contributed by atoms with van der Waals surface area (Å²) in [5, 5.41) is 37.1. The summed E-state index contributed by atoms with van der Waals surface area (Å²) in [6, 6.07) is 31.8. The number of aliphatic hydroxyl groups is 1. The minimum absolute atomic E-state index is 0.0223. The number of carbonyl (C=O) groups is 1. The second-order valence-electron chi connectivity index (χ2n) is 13.0. The van der Waals surface area contributed by atoms with E-state index in [0.29, 0.717) is 17.9 Å². The lowest BCUT2D eigenvalue weighted by atomic mass is 9.80. The largest absolute Gasteiger partial charge is 0.497 e. The molecule has 0 aliphatic carbocycles. The number of aliphatic hydroxyl groups excluding tert-OH is 1. The smallest absolute Gasteiger partial charge is 0.312 e. The van der Waals surface area contributed by atoms with Crippen molar-refractivity contribution in [1.82, 2.24) is 4.98 Å². The number of pyridine rings is 1. The molecule has 6 rings (SSSR count). The number of non-ortho nitro benzene ring substituents is 1. The Morgan fingerprint density at radius 3 is 2.00 bits per heavy atom. The van der Waals surface area contributed by atoms with E-state index in [4.69, 9.17) is 23.7 Å². The SMILES string of the molecule is COc1ccc(C(OCC2OC(c3cc([N+](=O)[O-])c(NC(C)=O)nc3OCCc3ccc([N+](=O)[O-])cc3)CC2O)(c2ccccc2)c2ccc(OC)cc2)cc1. The van der Waals surface area contributed by atoms with Crippen LogP contribution in [0.4, 0.5) is 17.2 Å². The Morgan fingerprint density at radius 2 is 1.46 bits per heavy atom. The molecule has 1 amide bonds. The fourth-order valence-corrected chi connectivity index (χ4v) is 6.66. The van der Waals surface area contributed by atoms with Gasteiger partial charge in [0.25, 0.3) is 5.69 Å². The number of anilines is 1. The molecule has 1 aliphatic heterocycles.